The van der Waals surface area contributed by atoms with E-state index in [1.807, 2.05) is 30.5 Å². The average molecular weight is 385 g/mol. The van der Waals surface area contributed by atoms with Gasteiger partial charge in [0.15, 0.2) is 5.65 Å². The highest BCUT2D eigenvalue weighted by Crippen LogP contribution is 2.31. The minimum absolute atomic E-state index is 0.244. The van der Waals surface area contributed by atoms with E-state index in [2.05, 4.69) is 32.0 Å². The van der Waals surface area contributed by atoms with Crippen LogP contribution in [-0.2, 0) is 0 Å². The Labute approximate surface area is 141 Å². The minimum atomic E-state index is -0.244. The summed E-state index contributed by atoms with van der Waals surface area (Å²) in [5, 5.41) is 0.315. The third-order valence-corrected chi connectivity index (χ3v) is 4.23. The lowest BCUT2D eigenvalue weighted by atomic mass is 10.2. The number of imidazole rings is 1. The van der Waals surface area contributed by atoms with Crippen molar-refractivity contribution in [1.82, 2.24) is 14.5 Å². The molecule has 0 saturated carbocycles. The van der Waals surface area contributed by atoms with Gasteiger partial charge in [0.25, 0.3) is 0 Å². The molecule has 0 aliphatic rings. The highest BCUT2D eigenvalue weighted by Gasteiger charge is 2.19. The Kier molecular flexibility index (Phi) is 3.95. The summed E-state index contributed by atoms with van der Waals surface area (Å²) in [5.41, 5.74) is 3.61. The topological polar surface area (TPSA) is 30.7 Å². The number of hydrogen-bond donors (Lipinski definition) is 0. The Balaban J connectivity index is 2.36. The van der Waals surface area contributed by atoms with E-state index in [0.29, 0.717) is 5.02 Å². The Morgan fingerprint density at radius 1 is 1.29 bits per heavy atom. The zero-order valence-corrected chi connectivity index (χ0v) is 14.5. The average Bonchev–Trinajstić information content (AvgIpc) is 2.77. The molecule has 0 fully saturated rings. The number of halogens is 3. The third-order valence-electron chi connectivity index (χ3n) is 3.19. The SMILES string of the molecule is Cc1ccc(-n2c(C(C)Cl)nc3cc(Cl)cnc32)c(Br)c1. The molecule has 2 aromatic heterocycles. The quantitative estimate of drug-likeness (QED) is 0.550. The maximum Gasteiger partial charge on any atom is 0.164 e. The summed E-state index contributed by atoms with van der Waals surface area (Å²) in [6, 6.07) is 7.93. The molecule has 6 heteroatoms. The molecule has 21 heavy (non-hydrogen) atoms. The Morgan fingerprint density at radius 3 is 2.71 bits per heavy atom. The summed E-state index contributed by atoms with van der Waals surface area (Å²) in [6.45, 7) is 3.94. The standard InChI is InChI=1S/C15H12BrCl2N3/c1-8-3-4-13(11(16)5-8)21-14(9(2)17)20-12-6-10(18)7-19-15(12)21/h3-7,9H,1-2H3. The van der Waals surface area contributed by atoms with Gasteiger partial charge in [-0.05, 0) is 53.5 Å². The van der Waals surface area contributed by atoms with E-state index in [0.717, 1.165) is 27.1 Å². The van der Waals surface area contributed by atoms with Crippen LogP contribution in [0.4, 0.5) is 0 Å². The molecule has 1 atom stereocenters. The molecule has 0 aliphatic carbocycles. The molecule has 0 radical (unpaired) electrons. The molecule has 0 amide bonds. The maximum atomic E-state index is 6.29. The summed E-state index contributed by atoms with van der Waals surface area (Å²) in [5.74, 6) is 0.742. The number of hydrogen-bond acceptors (Lipinski definition) is 2. The maximum absolute atomic E-state index is 6.29. The first-order valence-corrected chi connectivity index (χ1v) is 8.02. The number of nitrogens with zero attached hydrogens (tertiary/aromatic N) is 3. The molecule has 0 saturated heterocycles. The van der Waals surface area contributed by atoms with E-state index in [-0.39, 0.29) is 5.38 Å². The van der Waals surface area contributed by atoms with Gasteiger partial charge in [-0.25, -0.2) is 9.97 Å². The first kappa shape index (κ1) is 14.8. The van der Waals surface area contributed by atoms with Crippen molar-refractivity contribution < 1.29 is 0 Å². The van der Waals surface area contributed by atoms with Crippen LogP contribution < -0.4 is 0 Å². The molecule has 3 aromatic rings. The largest absolute Gasteiger partial charge is 0.278 e. The normalized spacial score (nSPS) is 12.8. The monoisotopic (exact) mass is 383 g/mol. The van der Waals surface area contributed by atoms with Gasteiger partial charge in [0.2, 0.25) is 0 Å². The van der Waals surface area contributed by atoms with Gasteiger partial charge in [-0.15, -0.1) is 11.6 Å². The highest BCUT2D eigenvalue weighted by atomic mass is 79.9. The first-order chi connectivity index (χ1) is 9.97. The number of rotatable bonds is 2. The van der Waals surface area contributed by atoms with Crippen LogP contribution in [0, 0.1) is 6.92 Å². The second kappa shape index (κ2) is 5.59. The van der Waals surface area contributed by atoms with Gasteiger partial charge in [-0.1, -0.05) is 17.7 Å². The van der Waals surface area contributed by atoms with Crippen molar-refractivity contribution in [2.24, 2.45) is 0 Å². The van der Waals surface area contributed by atoms with E-state index in [1.165, 1.54) is 5.56 Å². The number of pyridine rings is 1. The van der Waals surface area contributed by atoms with E-state index >= 15 is 0 Å². The van der Waals surface area contributed by atoms with Crippen molar-refractivity contribution in [2.75, 3.05) is 0 Å². The lowest BCUT2D eigenvalue weighted by molar-refractivity contribution is 0.874. The molecule has 0 N–H and O–H groups in total. The number of benzene rings is 1. The zero-order valence-electron chi connectivity index (χ0n) is 11.4. The third kappa shape index (κ3) is 2.68. The van der Waals surface area contributed by atoms with Gasteiger partial charge in [-0.2, -0.15) is 0 Å². The number of aromatic nitrogens is 3. The van der Waals surface area contributed by atoms with Crippen LogP contribution >= 0.6 is 39.1 Å². The molecular weight excluding hydrogens is 373 g/mol. The van der Waals surface area contributed by atoms with E-state index in [1.54, 1.807) is 12.3 Å². The number of fused-ring (bicyclic) bond motifs is 1. The summed E-state index contributed by atoms with van der Waals surface area (Å²) in [6.07, 6.45) is 1.62. The Morgan fingerprint density at radius 2 is 2.05 bits per heavy atom. The predicted molar refractivity (Wildman–Crippen MR) is 90.6 cm³/mol. The van der Waals surface area contributed by atoms with E-state index in [9.17, 15) is 0 Å². The smallest absolute Gasteiger partial charge is 0.164 e. The highest BCUT2D eigenvalue weighted by molar-refractivity contribution is 9.10. The summed E-state index contributed by atoms with van der Waals surface area (Å²) in [4.78, 5) is 8.99. The Hall–Kier alpha value is -1.10. The van der Waals surface area contributed by atoms with Gasteiger partial charge in [-0.3, -0.25) is 4.57 Å². The van der Waals surface area contributed by atoms with Gasteiger partial charge in [0, 0.05) is 10.7 Å². The fourth-order valence-corrected chi connectivity index (χ4v) is 3.22. The Bertz CT molecular complexity index is 827. The van der Waals surface area contributed by atoms with Crippen molar-refractivity contribution in [3.8, 4) is 5.69 Å². The summed E-state index contributed by atoms with van der Waals surface area (Å²) >= 11 is 15.9. The predicted octanol–water partition coefficient (Wildman–Crippen LogP) is 5.44. The lowest BCUT2D eigenvalue weighted by Gasteiger charge is -2.12. The summed E-state index contributed by atoms with van der Waals surface area (Å²) in [7, 11) is 0. The molecule has 1 unspecified atom stereocenters. The van der Waals surface area contributed by atoms with Crippen molar-refractivity contribution in [2.45, 2.75) is 19.2 Å². The number of aryl methyl sites for hydroxylation is 1. The number of alkyl halides is 1. The fraction of sp³-hybridized carbons (Fsp3) is 0.200. The van der Waals surface area contributed by atoms with Gasteiger partial charge in [0.1, 0.15) is 11.3 Å². The van der Waals surface area contributed by atoms with Gasteiger partial charge >= 0.3 is 0 Å². The molecule has 0 bridgehead atoms. The van der Waals surface area contributed by atoms with Crippen LogP contribution in [0.1, 0.15) is 23.7 Å². The zero-order chi connectivity index (χ0) is 15.1. The molecule has 2 heterocycles. The van der Waals surface area contributed by atoms with Crippen LogP contribution in [0.5, 0.6) is 0 Å². The molecular formula is C15H12BrCl2N3. The van der Waals surface area contributed by atoms with Crippen molar-refractivity contribution >= 4 is 50.3 Å². The van der Waals surface area contributed by atoms with Crippen LogP contribution in [0.25, 0.3) is 16.9 Å². The van der Waals surface area contributed by atoms with Crippen LogP contribution in [0.2, 0.25) is 5.02 Å². The van der Waals surface area contributed by atoms with E-state index < -0.39 is 0 Å². The lowest BCUT2D eigenvalue weighted by Crippen LogP contribution is -2.03. The van der Waals surface area contributed by atoms with Crippen molar-refractivity contribution in [3.63, 3.8) is 0 Å². The second-order valence-electron chi connectivity index (χ2n) is 4.87. The molecule has 108 valence electrons. The molecule has 0 spiro atoms. The van der Waals surface area contributed by atoms with Crippen LogP contribution in [0.3, 0.4) is 0 Å². The van der Waals surface area contributed by atoms with Gasteiger partial charge in [0.05, 0.1) is 16.1 Å². The van der Waals surface area contributed by atoms with E-state index in [4.69, 9.17) is 23.2 Å². The minimum Gasteiger partial charge on any atom is -0.278 e. The molecule has 1 aromatic carbocycles. The van der Waals surface area contributed by atoms with Crippen LogP contribution in [-0.4, -0.2) is 14.5 Å². The first-order valence-electron chi connectivity index (χ1n) is 6.42. The molecule has 3 rings (SSSR count). The van der Waals surface area contributed by atoms with Crippen molar-refractivity contribution in [3.05, 3.63) is 51.3 Å². The fourth-order valence-electron chi connectivity index (χ4n) is 2.26. The summed E-state index contributed by atoms with van der Waals surface area (Å²) < 4.78 is 2.93. The van der Waals surface area contributed by atoms with Crippen LogP contribution in [0.15, 0.2) is 34.9 Å². The van der Waals surface area contributed by atoms with Crippen molar-refractivity contribution in [1.29, 1.82) is 0 Å². The second-order valence-corrected chi connectivity index (χ2v) is 6.82. The molecule has 3 nitrogen and oxygen atoms in total. The van der Waals surface area contributed by atoms with Gasteiger partial charge < -0.3 is 0 Å². The molecule has 0 aliphatic heterocycles.